The Morgan fingerprint density at radius 2 is 2.28 bits per heavy atom. The summed E-state index contributed by atoms with van der Waals surface area (Å²) in [6, 6.07) is 5.28. The molecule has 1 heterocycles. The molecule has 2 rings (SSSR count). The average Bonchev–Trinajstić information content (AvgIpc) is 2.70. The summed E-state index contributed by atoms with van der Waals surface area (Å²) in [4.78, 5) is 16.3. The molecule has 0 aliphatic heterocycles. The first-order chi connectivity index (χ1) is 8.52. The molecule has 2 aromatic rings. The Morgan fingerprint density at radius 1 is 1.56 bits per heavy atom. The van der Waals surface area contributed by atoms with Crippen molar-refractivity contribution in [1.29, 1.82) is 0 Å². The summed E-state index contributed by atoms with van der Waals surface area (Å²) in [6.07, 6.45) is 0. The maximum absolute atomic E-state index is 11.6. The van der Waals surface area contributed by atoms with Crippen molar-refractivity contribution in [3.8, 4) is 10.4 Å². The third-order valence-electron chi connectivity index (χ3n) is 2.20. The monoisotopic (exact) mass is 346 g/mol. The van der Waals surface area contributed by atoms with Crippen LogP contribution in [0.2, 0.25) is 5.02 Å². The van der Waals surface area contributed by atoms with Crippen molar-refractivity contribution in [1.82, 2.24) is 4.98 Å². The van der Waals surface area contributed by atoms with Crippen LogP contribution in [0.1, 0.15) is 10.5 Å². The second kappa shape index (κ2) is 5.26. The number of thiazole rings is 1. The fourth-order valence-electron chi connectivity index (χ4n) is 1.43. The van der Waals surface area contributed by atoms with Gasteiger partial charge in [0.15, 0.2) is 10.8 Å². The van der Waals surface area contributed by atoms with E-state index < -0.39 is 5.97 Å². The SMILES string of the molecule is COC(=O)c1nc(N)sc1-c1ccc(Cl)cc1Br. The van der Waals surface area contributed by atoms with Crippen LogP contribution < -0.4 is 5.73 Å². The van der Waals surface area contributed by atoms with Gasteiger partial charge in [0.05, 0.1) is 12.0 Å². The standard InChI is InChI=1S/C11H8BrClN2O2S/c1-17-10(16)8-9(18-11(14)15-8)6-3-2-5(13)4-7(6)12/h2-4H,1H3,(H2,14,15). The van der Waals surface area contributed by atoms with Crippen molar-refractivity contribution >= 4 is 50.0 Å². The summed E-state index contributed by atoms with van der Waals surface area (Å²) in [5, 5.41) is 0.912. The van der Waals surface area contributed by atoms with E-state index in [9.17, 15) is 4.79 Å². The number of carbonyl (C=O) groups is 1. The van der Waals surface area contributed by atoms with Gasteiger partial charge in [0, 0.05) is 15.1 Å². The second-order valence-corrected chi connectivity index (χ2v) is 5.67. The van der Waals surface area contributed by atoms with Crippen molar-refractivity contribution in [2.24, 2.45) is 0 Å². The van der Waals surface area contributed by atoms with Gasteiger partial charge in [-0.15, -0.1) is 0 Å². The molecule has 0 bridgehead atoms. The van der Waals surface area contributed by atoms with Crippen LogP contribution in [0.25, 0.3) is 10.4 Å². The molecule has 0 aliphatic carbocycles. The average molecular weight is 348 g/mol. The molecule has 0 amide bonds. The third kappa shape index (κ3) is 2.50. The molecule has 0 spiro atoms. The van der Waals surface area contributed by atoms with Crippen molar-refractivity contribution in [2.45, 2.75) is 0 Å². The van der Waals surface area contributed by atoms with Crippen LogP contribution in [0, 0.1) is 0 Å². The Morgan fingerprint density at radius 3 is 2.89 bits per heavy atom. The quantitative estimate of drug-likeness (QED) is 0.843. The number of halogens is 2. The van der Waals surface area contributed by atoms with Crippen LogP contribution >= 0.6 is 38.9 Å². The molecule has 18 heavy (non-hydrogen) atoms. The minimum Gasteiger partial charge on any atom is -0.464 e. The fraction of sp³-hybridized carbons (Fsp3) is 0.0909. The number of benzene rings is 1. The van der Waals surface area contributed by atoms with Crippen LogP contribution in [0.3, 0.4) is 0 Å². The molecule has 0 atom stereocenters. The molecule has 0 fully saturated rings. The molecular weight excluding hydrogens is 340 g/mol. The lowest BCUT2D eigenvalue weighted by atomic mass is 10.1. The number of hydrogen-bond donors (Lipinski definition) is 1. The molecule has 1 aromatic heterocycles. The molecule has 0 saturated heterocycles. The summed E-state index contributed by atoms with van der Waals surface area (Å²) in [6.45, 7) is 0. The Kier molecular flexibility index (Phi) is 3.89. The van der Waals surface area contributed by atoms with Crippen LogP contribution in [0.15, 0.2) is 22.7 Å². The molecule has 0 aliphatic rings. The van der Waals surface area contributed by atoms with Crippen LogP contribution in [-0.2, 0) is 4.74 Å². The minimum atomic E-state index is -0.514. The molecule has 94 valence electrons. The highest BCUT2D eigenvalue weighted by atomic mass is 79.9. The first-order valence-corrected chi connectivity index (χ1v) is 6.81. The number of rotatable bonds is 2. The number of methoxy groups -OCH3 is 1. The number of ether oxygens (including phenoxy) is 1. The van der Waals surface area contributed by atoms with E-state index in [1.165, 1.54) is 18.4 Å². The zero-order valence-electron chi connectivity index (χ0n) is 9.24. The van der Waals surface area contributed by atoms with Gasteiger partial charge in [-0.1, -0.05) is 44.9 Å². The lowest BCUT2D eigenvalue weighted by Gasteiger charge is -2.04. The molecule has 0 saturated carbocycles. The summed E-state index contributed by atoms with van der Waals surface area (Å²) in [5.74, 6) is -0.514. The summed E-state index contributed by atoms with van der Waals surface area (Å²) in [5.41, 5.74) is 6.66. The van der Waals surface area contributed by atoms with Gasteiger partial charge in [0.25, 0.3) is 0 Å². The predicted molar refractivity (Wildman–Crippen MR) is 76.0 cm³/mol. The topological polar surface area (TPSA) is 65.2 Å². The normalized spacial score (nSPS) is 10.4. The van der Waals surface area contributed by atoms with E-state index in [2.05, 4.69) is 25.7 Å². The maximum atomic E-state index is 11.6. The highest BCUT2D eigenvalue weighted by Gasteiger charge is 2.20. The Balaban J connectivity index is 2.60. The van der Waals surface area contributed by atoms with Crippen molar-refractivity contribution < 1.29 is 9.53 Å². The summed E-state index contributed by atoms with van der Waals surface area (Å²) in [7, 11) is 1.30. The van der Waals surface area contributed by atoms with E-state index in [4.69, 9.17) is 17.3 Å². The van der Waals surface area contributed by atoms with Gasteiger partial charge >= 0.3 is 5.97 Å². The lowest BCUT2D eigenvalue weighted by Crippen LogP contribution is -2.03. The van der Waals surface area contributed by atoms with Gasteiger partial charge in [-0.3, -0.25) is 0 Å². The molecule has 0 unspecified atom stereocenters. The van der Waals surface area contributed by atoms with E-state index in [-0.39, 0.29) is 5.69 Å². The number of nitrogens with two attached hydrogens (primary N) is 1. The van der Waals surface area contributed by atoms with E-state index >= 15 is 0 Å². The van der Waals surface area contributed by atoms with E-state index in [1.54, 1.807) is 18.2 Å². The number of nitrogens with zero attached hydrogens (tertiary/aromatic N) is 1. The first-order valence-electron chi connectivity index (χ1n) is 4.83. The Labute approximate surface area is 121 Å². The lowest BCUT2D eigenvalue weighted by molar-refractivity contribution is 0.0596. The number of hydrogen-bond acceptors (Lipinski definition) is 5. The fourth-order valence-corrected chi connectivity index (χ4v) is 3.30. The van der Waals surface area contributed by atoms with E-state index in [0.29, 0.717) is 15.0 Å². The first kappa shape index (κ1) is 13.3. The Hall–Kier alpha value is -1.11. The van der Waals surface area contributed by atoms with Crippen LogP contribution in [0.4, 0.5) is 5.13 Å². The van der Waals surface area contributed by atoms with Gasteiger partial charge in [-0.2, -0.15) is 0 Å². The summed E-state index contributed by atoms with van der Waals surface area (Å²) >= 11 is 10.5. The molecule has 0 radical (unpaired) electrons. The third-order valence-corrected chi connectivity index (χ3v) is 4.01. The zero-order chi connectivity index (χ0) is 13.3. The highest BCUT2D eigenvalue weighted by molar-refractivity contribution is 9.10. The van der Waals surface area contributed by atoms with Crippen molar-refractivity contribution in [2.75, 3.05) is 12.8 Å². The molecule has 4 nitrogen and oxygen atoms in total. The van der Waals surface area contributed by atoms with Crippen molar-refractivity contribution in [3.05, 3.63) is 33.4 Å². The van der Waals surface area contributed by atoms with E-state index in [0.717, 1.165) is 10.0 Å². The van der Waals surface area contributed by atoms with Gasteiger partial charge < -0.3 is 10.5 Å². The zero-order valence-corrected chi connectivity index (χ0v) is 12.4. The number of anilines is 1. The number of nitrogen functional groups attached to an aromatic ring is 1. The smallest absolute Gasteiger partial charge is 0.358 e. The van der Waals surface area contributed by atoms with Gasteiger partial charge in [-0.05, 0) is 12.1 Å². The number of aromatic nitrogens is 1. The van der Waals surface area contributed by atoms with Gasteiger partial charge in [-0.25, -0.2) is 9.78 Å². The van der Waals surface area contributed by atoms with Crippen LogP contribution in [-0.4, -0.2) is 18.1 Å². The minimum absolute atomic E-state index is 0.211. The second-order valence-electron chi connectivity index (χ2n) is 3.35. The molecule has 2 N–H and O–H groups in total. The molecule has 1 aromatic carbocycles. The molecule has 7 heteroatoms. The van der Waals surface area contributed by atoms with Crippen LogP contribution in [0.5, 0.6) is 0 Å². The predicted octanol–water partition coefficient (Wildman–Crippen LogP) is 3.59. The van der Waals surface area contributed by atoms with Gasteiger partial charge in [0.1, 0.15) is 0 Å². The number of carbonyl (C=O) groups excluding carboxylic acids is 1. The Bertz CT molecular complexity index is 615. The van der Waals surface area contributed by atoms with E-state index in [1.807, 2.05) is 0 Å². The number of esters is 1. The summed E-state index contributed by atoms with van der Waals surface area (Å²) < 4.78 is 5.45. The highest BCUT2D eigenvalue weighted by Crippen LogP contribution is 2.37. The van der Waals surface area contributed by atoms with Crippen molar-refractivity contribution in [3.63, 3.8) is 0 Å². The van der Waals surface area contributed by atoms with Gasteiger partial charge in [0.2, 0.25) is 0 Å². The molecular formula is C11H8BrClN2O2S. The largest absolute Gasteiger partial charge is 0.464 e. The maximum Gasteiger partial charge on any atom is 0.358 e.